The van der Waals surface area contributed by atoms with Crippen molar-refractivity contribution in [2.45, 2.75) is 154 Å². The Morgan fingerprint density at radius 1 is 0.429 bits per heavy atom. The van der Waals surface area contributed by atoms with E-state index in [-0.39, 0.29) is 0 Å². The molecule has 0 radical (unpaired) electrons. The highest BCUT2D eigenvalue weighted by Gasteiger charge is 2.22. The summed E-state index contributed by atoms with van der Waals surface area (Å²) < 4.78 is 61.3. The molecular weight excluding hydrogens is 873 g/mol. The highest BCUT2D eigenvalue weighted by atomic mass is 19.2. The largest absolute Gasteiger partial charge is 0.494 e. The Bertz CT molecular complexity index is 2550. The Hall–Kier alpha value is -5.68. The summed E-state index contributed by atoms with van der Waals surface area (Å²) >= 11 is 0. The number of allylic oxidation sites excluding steroid dienone is 4. The first-order valence-corrected chi connectivity index (χ1v) is 26.6. The summed E-state index contributed by atoms with van der Waals surface area (Å²) in [5, 5.41) is 0. The van der Waals surface area contributed by atoms with E-state index in [0.29, 0.717) is 23.0 Å². The summed E-state index contributed by atoms with van der Waals surface area (Å²) in [6, 6.07) is 43.8. The van der Waals surface area contributed by atoms with Gasteiger partial charge in [-0.3, -0.25) is 0 Å². The van der Waals surface area contributed by atoms with E-state index in [2.05, 4.69) is 111 Å². The summed E-state index contributed by atoms with van der Waals surface area (Å²) in [6.45, 7) is 5.24. The summed E-state index contributed by atoms with van der Waals surface area (Å²) in [7, 11) is 0. The lowest BCUT2D eigenvalue weighted by Crippen LogP contribution is -2.05. The molecule has 0 saturated heterocycles. The third-order valence-corrected chi connectivity index (χ3v) is 14.5. The van der Waals surface area contributed by atoms with Crippen molar-refractivity contribution in [1.82, 2.24) is 0 Å². The van der Waals surface area contributed by atoms with E-state index < -0.39 is 23.3 Å². The van der Waals surface area contributed by atoms with Gasteiger partial charge in [0.25, 0.3) is 0 Å². The van der Waals surface area contributed by atoms with Crippen molar-refractivity contribution in [2.24, 2.45) is 0 Å². The van der Waals surface area contributed by atoms with Crippen molar-refractivity contribution in [3.63, 3.8) is 0 Å². The second-order valence-corrected chi connectivity index (χ2v) is 19.6. The van der Waals surface area contributed by atoms with Crippen molar-refractivity contribution < 1.29 is 22.3 Å². The van der Waals surface area contributed by atoms with Crippen LogP contribution in [0.5, 0.6) is 5.75 Å². The Morgan fingerprint density at radius 3 is 1.26 bits per heavy atom. The van der Waals surface area contributed by atoms with Crippen LogP contribution in [-0.2, 0) is 6.42 Å². The molecule has 2 aliphatic carbocycles. The lowest BCUT2D eigenvalue weighted by molar-refractivity contribution is 0.306. The SMILES string of the molecule is CCCCCCCCCCCCc1ccc(-c2ccc(C3CC=C(c4cccc(F)c4F)CC3)cc2)cc1.CCCCCOc1ccc(-c2ccc(C3CC=C(c4cccc(F)c4F)CC3)cc2)cc1. The van der Waals surface area contributed by atoms with Crippen molar-refractivity contribution in [2.75, 3.05) is 6.61 Å². The molecule has 0 N–H and O–H groups in total. The van der Waals surface area contributed by atoms with Gasteiger partial charge in [0.15, 0.2) is 23.3 Å². The third-order valence-electron chi connectivity index (χ3n) is 14.5. The number of halogens is 4. The van der Waals surface area contributed by atoms with Crippen LogP contribution in [0.2, 0.25) is 0 Å². The average molecular weight is 947 g/mol. The van der Waals surface area contributed by atoms with E-state index in [1.807, 2.05) is 12.1 Å². The third kappa shape index (κ3) is 15.2. The quantitative estimate of drug-likeness (QED) is 0.0487. The molecule has 2 atom stereocenters. The van der Waals surface area contributed by atoms with Gasteiger partial charge >= 0.3 is 0 Å². The molecule has 2 aliphatic rings. The number of rotatable bonds is 22. The molecular formula is C65H74F4O. The summed E-state index contributed by atoms with van der Waals surface area (Å²) in [4.78, 5) is 0. The molecule has 1 nitrogen and oxygen atoms in total. The maximum Gasteiger partial charge on any atom is 0.166 e. The fourth-order valence-electron chi connectivity index (χ4n) is 10.1. The number of ether oxygens (including phenoxy) is 1. The first kappa shape index (κ1) is 52.2. The van der Waals surface area contributed by atoms with Gasteiger partial charge in [-0.05, 0) is 144 Å². The van der Waals surface area contributed by atoms with Crippen LogP contribution >= 0.6 is 0 Å². The number of hydrogen-bond donors (Lipinski definition) is 0. The Balaban J connectivity index is 0.000000209. The molecule has 0 aliphatic heterocycles. The van der Waals surface area contributed by atoms with Gasteiger partial charge in [-0.1, -0.05) is 206 Å². The van der Waals surface area contributed by atoms with Crippen LogP contribution in [0.15, 0.2) is 146 Å². The predicted molar refractivity (Wildman–Crippen MR) is 286 cm³/mol. The normalized spacial score (nSPS) is 15.7. The molecule has 368 valence electrons. The molecule has 5 heteroatoms. The Labute approximate surface area is 417 Å². The van der Waals surface area contributed by atoms with Gasteiger partial charge in [-0.25, -0.2) is 17.6 Å². The predicted octanol–water partition coefficient (Wildman–Crippen LogP) is 20.0. The van der Waals surface area contributed by atoms with Crippen LogP contribution in [0.1, 0.15) is 175 Å². The fourth-order valence-corrected chi connectivity index (χ4v) is 10.1. The van der Waals surface area contributed by atoms with Gasteiger partial charge in [0.2, 0.25) is 0 Å². The van der Waals surface area contributed by atoms with Crippen molar-refractivity contribution in [1.29, 1.82) is 0 Å². The minimum Gasteiger partial charge on any atom is -0.494 e. The smallest absolute Gasteiger partial charge is 0.166 e. The fraction of sp³-hybridized carbons (Fsp3) is 0.385. The summed E-state index contributed by atoms with van der Waals surface area (Å²) in [5.74, 6) is -1.27. The highest BCUT2D eigenvalue weighted by molar-refractivity contribution is 5.69. The van der Waals surface area contributed by atoms with Gasteiger partial charge < -0.3 is 4.74 Å². The van der Waals surface area contributed by atoms with Crippen molar-refractivity contribution in [3.05, 3.63) is 197 Å². The van der Waals surface area contributed by atoms with Crippen molar-refractivity contribution >= 4 is 11.1 Å². The van der Waals surface area contributed by atoms with Gasteiger partial charge in [0, 0.05) is 11.1 Å². The zero-order valence-corrected chi connectivity index (χ0v) is 41.8. The van der Waals surface area contributed by atoms with Gasteiger partial charge in [-0.15, -0.1) is 0 Å². The molecule has 0 saturated carbocycles. The minimum absolute atomic E-state index is 0.400. The van der Waals surface area contributed by atoms with E-state index in [1.165, 1.54) is 135 Å². The molecule has 0 spiro atoms. The lowest BCUT2D eigenvalue weighted by atomic mass is 9.82. The minimum atomic E-state index is -0.780. The Kier molecular flexibility index (Phi) is 20.6. The molecule has 0 bridgehead atoms. The first-order chi connectivity index (χ1) is 34.3. The highest BCUT2D eigenvalue weighted by Crippen LogP contribution is 2.39. The van der Waals surface area contributed by atoms with Gasteiger partial charge in [0.1, 0.15) is 5.75 Å². The molecule has 6 aromatic rings. The molecule has 0 heterocycles. The second-order valence-electron chi connectivity index (χ2n) is 19.6. The van der Waals surface area contributed by atoms with Crippen LogP contribution in [0.4, 0.5) is 17.6 Å². The number of unbranched alkanes of at least 4 members (excludes halogenated alkanes) is 11. The van der Waals surface area contributed by atoms with Gasteiger partial charge in [0.05, 0.1) is 6.61 Å². The van der Waals surface area contributed by atoms with Crippen molar-refractivity contribution in [3.8, 4) is 28.0 Å². The standard InChI is InChI=1S/C36H44F2.C29H30F2O/c1-2-3-4-5-6-7-8-9-10-11-13-28-16-18-29(19-17-28)30-20-22-31(23-21-30)32-24-26-33(27-25-32)34-14-12-15-35(37)36(34)38;1-2-3-4-20-32-26-18-16-24(17-19-26)22-10-8-21(9-11-22)23-12-14-25(15-13-23)27-6-5-7-28(30)29(27)31/h12,14-23,26,32H,2-11,13,24-25,27H2,1H3;5-11,14,16-19,23H,2-4,12-13,15,20H2,1H3. The zero-order valence-electron chi connectivity index (χ0n) is 41.8. The van der Waals surface area contributed by atoms with E-state index >= 15 is 0 Å². The van der Waals surface area contributed by atoms with E-state index in [9.17, 15) is 17.6 Å². The molecule has 8 rings (SSSR count). The van der Waals surface area contributed by atoms with E-state index in [4.69, 9.17) is 4.74 Å². The molecule has 0 amide bonds. The lowest BCUT2D eigenvalue weighted by Gasteiger charge is -2.23. The van der Waals surface area contributed by atoms with Crippen LogP contribution in [0, 0.1) is 23.3 Å². The number of aryl methyl sites for hydroxylation is 1. The molecule has 70 heavy (non-hydrogen) atoms. The number of benzene rings is 6. The average Bonchev–Trinajstić information content (AvgIpc) is 3.40. The molecule has 2 unspecified atom stereocenters. The summed E-state index contributed by atoms with van der Waals surface area (Å²) in [6.07, 6.45) is 27.7. The molecule has 6 aromatic carbocycles. The zero-order chi connectivity index (χ0) is 48.9. The molecule has 0 fully saturated rings. The van der Waals surface area contributed by atoms with Gasteiger partial charge in [-0.2, -0.15) is 0 Å². The maximum absolute atomic E-state index is 14.2. The summed E-state index contributed by atoms with van der Waals surface area (Å²) in [5.41, 5.74) is 11.5. The van der Waals surface area contributed by atoms with Crippen LogP contribution < -0.4 is 4.74 Å². The second kappa shape index (κ2) is 27.6. The number of hydrogen-bond acceptors (Lipinski definition) is 1. The first-order valence-electron chi connectivity index (χ1n) is 26.6. The Morgan fingerprint density at radius 2 is 0.829 bits per heavy atom. The molecule has 0 aromatic heterocycles. The topological polar surface area (TPSA) is 9.23 Å². The maximum atomic E-state index is 14.2. The van der Waals surface area contributed by atoms with E-state index in [1.54, 1.807) is 24.3 Å². The van der Waals surface area contributed by atoms with Crippen LogP contribution in [0.25, 0.3) is 33.4 Å². The van der Waals surface area contributed by atoms with E-state index in [0.717, 1.165) is 68.4 Å². The monoisotopic (exact) mass is 947 g/mol. The van der Waals surface area contributed by atoms with Crippen LogP contribution in [-0.4, -0.2) is 6.61 Å². The van der Waals surface area contributed by atoms with Crippen LogP contribution in [0.3, 0.4) is 0 Å².